The average molecular weight is 385 g/mol. The molecule has 0 saturated carbocycles. The van der Waals surface area contributed by atoms with Crippen LogP contribution in [0.2, 0.25) is 5.02 Å². The molecule has 2 aromatic carbocycles. The van der Waals surface area contributed by atoms with E-state index in [1.165, 1.54) is 5.56 Å². The summed E-state index contributed by atoms with van der Waals surface area (Å²) >= 11 is 5.94. The van der Waals surface area contributed by atoms with E-state index in [1.54, 1.807) is 23.9 Å². The topological polar surface area (TPSA) is 69.0 Å². The molecule has 27 heavy (non-hydrogen) atoms. The highest BCUT2D eigenvalue weighted by Gasteiger charge is 2.21. The molecule has 7 heteroatoms. The van der Waals surface area contributed by atoms with Gasteiger partial charge in [0, 0.05) is 17.8 Å². The van der Waals surface area contributed by atoms with E-state index >= 15 is 0 Å². The number of amides is 1. The Kier molecular flexibility index (Phi) is 5.88. The number of rotatable bonds is 6. The normalized spacial score (nSPS) is 11.0. The summed E-state index contributed by atoms with van der Waals surface area (Å²) < 4.78 is 6.83. The average Bonchev–Trinajstić information content (AvgIpc) is 3.07. The Bertz CT molecular complexity index is 918. The molecule has 0 unspecified atom stereocenters. The number of nitrogens with one attached hydrogen (secondary N) is 1. The second kappa shape index (κ2) is 8.33. The monoisotopic (exact) mass is 384 g/mol. The van der Waals surface area contributed by atoms with Crippen LogP contribution in [0.3, 0.4) is 0 Å². The van der Waals surface area contributed by atoms with Gasteiger partial charge >= 0.3 is 0 Å². The van der Waals surface area contributed by atoms with Crippen molar-refractivity contribution in [1.82, 2.24) is 15.0 Å². The molecule has 0 aliphatic heterocycles. The third-order valence-corrected chi connectivity index (χ3v) is 4.42. The second-order valence-corrected chi connectivity index (χ2v) is 6.87. The summed E-state index contributed by atoms with van der Waals surface area (Å²) in [4.78, 5) is 12.7. The summed E-state index contributed by atoms with van der Waals surface area (Å²) in [5.41, 5.74) is 3.45. The molecular weight excluding hydrogens is 364 g/mol. The molecule has 6 nitrogen and oxygen atoms in total. The lowest BCUT2D eigenvalue weighted by Gasteiger charge is -2.09. The van der Waals surface area contributed by atoms with E-state index in [0.29, 0.717) is 22.3 Å². The molecule has 0 radical (unpaired) electrons. The number of ether oxygens (including phenoxy) is 1. The van der Waals surface area contributed by atoms with Gasteiger partial charge in [0.1, 0.15) is 5.69 Å². The van der Waals surface area contributed by atoms with Crippen LogP contribution in [0.4, 0.5) is 5.69 Å². The molecule has 0 fully saturated rings. The number of carbonyl (C=O) groups is 1. The predicted molar refractivity (Wildman–Crippen MR) is 106 cm³/mol. The largest absolute Gasteiger partial charge is 0.378 e. The van der Waals surface area contributed by atoms with Gasteiger partial charge < -0.3 is 10.1 Å². The minimum atomic E-state index is -0.334. The molecule has 3 rings (SSSR count). The fourth-order valence-corrected chi connectivity index (χ4v) is 2.80. The van der Waals surface area contributed by atoms with E-state index in [0.717, 1.165) is 5.69 Å². The standard InChI is InChI=1S/C20H21ClN4O2/c1-13(2)14-4-8-16(9-5-14)22-20(26)19-18(12-27-3)25(24-23-19)17-10-6-15(21)7-11-17/h4-11,13H,12H2,1-3H3,(H,22,26). The van der Waals surface area contributed by atoms with Crippen LogP contribution in [0, 0.1) is 0 Å². The van der Waals surface area contributed by atoms with Gasteiger partial charge in [-0.1, -0.05) is 42.8 Å². The number of methoxy groups -OCH3 is 1. The van der Waals surface area contributed by atoms with Crippen LogP contribution in [0.25, 0.3) is 5.69 Å². The van der Waals surface area contributed by atoms with E-state index in [1.807, 2.05) is 36.4 Å². The van der Waals surface area contributed by atoms with Gasteiger partial charge in [0.15, 0.2) is 5.69 Å². The second-order valence-electron chi connectivity index (χ2n) is 6.44. The number of aromatic nitrogens is 3. The first kappa shape index (κ1) is 19.1. The molecule has 3 aromatic rings. The summed E-state index contributed by atoms with van der Waals surface area (Å²) in [7, 11) is 1.56. The molecule has 0 aliphatic carbocycles. The van der Waals surface area contributed by atoms with Crippen LogP contribution in [0.15, 0.2) is 48.5 Å². The fraction of sp³-hybridized carbons (Fsp3) is 0.250. The SMILES string of the molecule is COCc1c(C(=O)Nc2ccc(C(C)C)cc2)nnn1-c1ccc(Cl)cc1. The van der Waals surface area contributed by atoms with Crippen molar-refractivity contribution in [3.8, 4) is 5.69 Å². The number of carbonyl (C=O) groups excluding carboxylic acids is 1. The maximum Gasteiger partial charge on any atom is 0.278 e. The molecule has 140 valence electrons. The van der Waals surface area contributed by atoms with Crippen molar-refractivity contribution in [2.24, 2.45) is 0 Å². The van der Waals surface area contributed by atoms with Crippen molar-refractivity contribution in [2.75, 3.05) is 12.4 Å². The van der Waals surface area contributed by atoms with Crippen molar-refractivity contribution >= 4 is 23.2 Å². The molecule has 1 amide bonds. The summed E-state index contributed by atoms with van der Waals surface area (Å²) in [5.74, 6) is 0.0990. The van der Waals surface area contributed by atoms with Gasteiger partial charge in [0.25, 0.3) is 5.91 Å². The minimum Gasteiger partial charge on any atom is -0.378 e. The fourth-order valence-electron chi connectivity index (χ4n) is 2.68. The van der Waals surface area contributed by atoms with Gasteiger partial charge in [0.2, 0.25) is 0 Å². The summed E-state index contributed by atoms with van der Waals surface area (Å²) in [6.45, 7) is 4.45. The lowest BCUT2D eigenvalue weighted by atomic mass is 10.0. The molecular formula is C20H21ClN4O2. The van der Waals surface area contributed by atoms with Crippen LogP contribution in [-0.4, -0.2) is 28.0 Å². The lowest BCUT2D eigenvalue weighted by Crippen LogP contribution is -2.16. The zero-order chi connectivity index (χ0) is 19.4. The molecule has 0 saturated heterocycles. The Labute approximate surface area is 163 Å². The molecule has 0 bridgehead atoms. The third-order valence-electron chi connectivity index (χ3n) is 4.17. The number of benzene rings is 2. The quantitative estimate of drug-likeness (QED) is 0.682. The van der Waals surface area contributed by atoms with Crippen molar-refractivity contribution < 1.29 is 9.53 Å². The Morgan fingerprint density at radius 3 is 2.41 bits per heavy atom. The highest BCUT2D eigenvalue weighted by molar-refractivity contribution is 6.30. The first-order chi connectivity index (χ1) is 13.0. The number of nitrogens with zero attached hydrogens (tertiary/aromatic N) is 3. The highest BCUT2D eigenvalue weighted by atomic mass is 35.5. The first-order valence-electron chi connectivity index (χ1n) is 8.60. The minimum absolute atomic E-state index is 0.199. The third kappa shape index (κ3) is 4.35. The zero-order valence-corrected chi connectivity index (χ0v) is 16.2. The van der Waals surface area contributed by atoms with Crippen molar-refractivity contribution in [3.63, 3.8) is 0 Å². The number of halogens is 1. The zero-order valence-electron chi connectivity index (χ0n) is 15.4. The predicted octanol–water partition coefficient (Wildman–Crippen LogP) is 4.44. The van der Waals surface area contributed by atoms with Crippen LogP contribution in [0.5, 0.6) is 0 Å². The molecule has 0 atom stereocenters. The van der Waals surface area contributed by atoms with E-state index < -0.39 is 0 Å². The number of hydrogen-bond donors (Lipinski definition) is 1. The lowest BCUT2D eigenvalue weighted by molar-refractivity contribution is 0.101. The van der Waals surface area contributed by atoms with E-state index in [-0.39, 0.29) is 18.2 Å². The highest BCUT2D eigenvalue weighted by Crippen LogP contribution is 2.20. The van der Waals surface area contributed by atoms with Crippen LogP contribution in [-0.2, 0) is 11.3 Å². The van der Waals surface area contributed by atoms with Gasteiger partial charge in [-0.2, -0.15) is 0 Å². The molecule has 1 heterocycles. The molecule has 0 aliphatic rings. The Hall–Kier alpha value is -2.70. The van der Waals surface area contributed by atoms with Gasteiger partial charge in [-0.05, 0) is 47.9 Å². The van der Waals surface area contributed by atoms with Crippen LogP contribution >= 0.6 is 11.6 Å². The molecule has 0 spiro atoms. The van der Waals surface area contributed by atoms with Crippen molar-refractivity contribution in [2.45, 2.75) is 26.4 Å². The molecule has 1 aromatic heterocycles. The maximum atomic E-state index is 12.7. The number of hydrogen-bond acceptors (Lipinski definition) is 4. The van der Waals surface area contributed by atoms with Crippen molar-refractivity contribution in [3.05, 3.63) is 70.5 Å². The number of anilines is 1. The summed E-state index contributed by atoms with van der Waals surface area (Å²) in [5, 5.41) is 11.7. The maximum absolute atomic E-state index is 12.7. The van der Waals surface area contributed by atoms with Gasteiger partial charge in [-0.3, -0.25) is 4.79 Å². The summed E-state index contributed by atoms with van der Waals surface area (Å²) in [6, 6.07) is 14.9. The van der Waals surface area contributed by atoms with Gasteiger partial charge in [-0.15, -0.1) is 5.10 Å². The van der Waals surface area contributed by atoms with Crippen LogP contribution < -0.4 is 5.32 Å². The smallest absolute Gasteiger partial charge is 0.278 e. The van der Waals surface area contributed by atoms with E-state index in [9.17, 15) is 4.79 Å². The Balaban J connectivity index is 1.86. The van der Waals surface area contributed by atoms with E-state index in [4.69, 9.17) is 16.3 Å². The Morgan fingerprint density at radius 1 is 1.15 bits per heavy atom. The van der Waals surface area contributed by atoms with Gasteiger partial charge in [0.05, 0.1) is 12.3 Å². The first-order valence-corrected chi connectivity index (χ1v) is 8.98. The van der Waals surface area contributed by atoms with E-state index in [2.05, 4.69) is 29.5 Å². The van der Waals surface area contributed by atoms with Crippen molar-refractivity contribution in [1.29, 1.82) is 0 Å². The van der Waals surface area contributed by atoms with Gasteiger partial charge in [-0.25, -0.2) is 4.68 Å². The summed E-state index contributed by atoms with van der Waals surface area (Å²) in [6.07, 6.45) is 0. The van der Waals surface area contributed by atoms with Crippen LogP contribution in [0.1, 0.15) is 41.5 Å². The molecule has 1 N–H and O–H groups in total. The Morgan fingerprint density at radius 2 is 1.81 bits per heavy atom.